The van der Waals surface area contributed by atoms with Gasteiger partial charge in [-0.05, 0) is 67.3 Å². The molecule has 5 nitrogen and oxygen atoms in total. The molecule has 0 atom stereocenters. The molecule has 0 aromatic heterocycles. The summed E-state index contributed by atoms with van der Waals surface area (Å²) in [6, 6.07) is 0. The second-order valence-electron chi connectivity index (χ2n) is 8.17. The Bertz CT molecular complexity index is 367. The van der Waals surface area contributed by atoms with E-state index in [4.69, 9.17) is 9.47 Å². The van der Waals surface area contributed by atoms with Crippen molar-refractivity contribution in [1.29, 1.82) is 0 Å². The maximum atomic E-state index is 12.1. The third-order valence-corrected chi connectivity index (χ3v) is 4.35. The Labute approximate surface area is 135 Å². The van der Waals surface area contributed by atoms with Crippen LogP contribution in [0.5, 0.6) is 0 Å². The van der Waals surface area contributed by atoms with E-state index in [1.165, 1.54) is 0 Å². The van der Waals surface area contributed by atoms with Gasteiger partial charge in [-0.15, -0.1) is 0 Å². The van der Waals surface area contributed by atoms with Crippen LogP contribution in [0.25, 0.3) is 0 Å². The topological polar surface area (TPSA) is 50.8 Å². The molecule has 1 rings (SSSR count). The number of piperidine rings is 1. The predicted molar refractivity (Wildman–Crippen MR) is 89.2 cm³/mol. The van der Waals surface area contributed by atoms with Crippen LogP contribution in [-0.4, -0.2) is 54.5 Å². The number of carbonyl (C=O) groups excluding carboxylic acids is 1. The number of hydrogen-bond acceptors (Lipinski definition) is 4. The van der Waals surface area contributed by atoms with Crippen molar-refractivity contribution in [3.63, 3.8) is 0 Å². The summed E-state index contributed by atoms with van der Waals surface area (Å²) in [4.78, 5) is 13.9. The van der Waals surface area contributed by atoms with Gasteiger partial charge in [0.25, 0.3) is 0 Å². The monoisotopic (exact) mass is 314 g/mol. The summed E-state index contributed by atoms with van der Waals surface area (Å²) in [6.45, 7) is 14.5. The minimum atomic E-state index is -0.429. The molecule has 0 spiro atoms. The standard InChI is InChI=1S/C17H34N2O3/c1-15(2,3)22-14(20)19-12-9-17(6,10-13-19)18-11-8-16(4,5)21-7/h18H,8-13H2,1-7H3. The first-order valence-corrected chi connectivity index (χ1v) is 8.25. The van der Waals surface area contributed by atoms with E-state index in [9.17, 15) is 4.79 Å². The van der Waals surface area contributed by atoms with Crippen molar-refractivity contribution in [1.82, 2.24) is 10.2 Å². The van der Waals surface area contributed by atoms with Crippen LogP contribution in [0.15, 0.2) is 0 Å². The number of nitrogens with one attached hydrogen (secondary N) is 1. The van der Waals surface area contributed by atoms with Crippen molar-refractivity contribution in [3.05, 3.63) is 0 Å². The highest BCUT2D eigenvalue weighted by Crippen LogP contribution is 2.24. The molecule has 1 amide bonds. The smallest absolute Gasteiger partial charge is 0.410 e. The van der Waals surface area contributed by atoms with Crippen molar-refractivity contribution < 1.29 is 14.3 Å². The zero-order valence-corrected chi connectivity index (χ0v) is 15.4. The molecule has 22 heavy (non-hydrogen) atoms. The molecule has 1 fully saturated rings. The number of rotatable bonds is 5. The molecule has 1 N–H and O–H groups in total. The van der Waals surface area contributed by atoms with Crippen molar-refractivity contribution in [2.45, 2.75) is 77.5 Å². The normalized spacial score (nSPS) is 19.1. The van der Waals surface area contributed by atoms with Crippen LogP contribution in [0, 0.1) is 0 Å². The number of methoxy groups -OCH3 is 1. The van der Waals surface area contributed by atoms with Gasteiger partial charge in [0, 0.05) is 25.7 Å². The van der Waals surface area contributed by atoms with Crippen molar-refractivity contribution in [3.8, 4) is 0 Å². The highest BCUT2D eigenvalue weighted by atomic mass is 16.6. The number of likely N-dealkylation sites (tertiary alicyclic amines) is 1. The molecular weight excluding hydrogens is 280 g/mol. The van der Waals surface area contributed by atoms with Gasteiger partial charge >= 0.3 is 6.09 Å². The van der Waals surface area contributed by atoms with Gasteiger partial charge in [-0.25, -0.2) is 4.79 Å². The summed E-state index contributed by atoms with van der Waals surface area (Å²) < 4.78 is 10.9. The van der Waals surface area contributed by atoms with E-state index in [1.807, 2.05) is 25.7 Å². The molecule has 0 unspecified atom stereocenters. The van der Waals surface area contributed by atoms with Gasteiger partial charge < -0.3 is 19.7 Å². The first kappa shape index (κ1) is 19.2. The van der Waals surface area contributed by atoms with E-state index in [2.05, 4.69) is 26.1 Å². The van der Waals surface area contributed by atoms with Crippen molar-refractivity contribution in [2.75, 3.05) is 26.7 Å². The lowest BCUT2D eigenvalue weighted by Gasteiger charge is -2.41. The highest BCUT2D eigenvalue weighted by Gasteiger charge is 2.33. The Morgan fingerprint density at radius 1 is 1.18 bits per heavy atom. The Morgan fingerprint density at radius 2 is 1.73 bits per heavy atom. The van der Waals surface area contributed by atoms with E-state index >= 15 is 0 Å². The third kappa shape index (κ3) is 6.53. The van der Waals surface area contributed by atoms with Gasteiger partial charge in [-0.3, -0.25) is 0 Å². The van der Waals surface area contributed by atoms with Crippen LogP contribution in [-0.2, 0) is 9.47 Å². The van der Waals surface area contributed by atoms with Gasteiger partial charge in [-0.2, -0.15) is 0 Å². The Morgan fingerprint density at radius 3 is 2.18 bits per heavy atom. The van der Waals surface area contributed by atoms with Crippen molar-refractivity contribution in [2.24, 2.45) is 0 Å². The molecular formula is C17H34N2O3. The molecule has 0 bridgehead atoms. The summed E-state index contributed by atoms with van der Waals surface area (Å²) in [5.74, 6) is 0. The number of amides is 1. The fourth-order valence-corrected chi connectivity index (χ4v) is 2.45. The van der Waals surface area contributed by atoms with Gasteiger partial charge in [0.2, 0.25) is 0 Å². The highest BCUT2D eigenvalue weighted by molar-refractivity contribution is 5.68. The maximum absolute atomic E-state index is 12.1. The summed E-state index contributed by atoms with van der Waals surface area (Å²) >= 11 is 0. The number of hydrogen-bond donors (Lipinski definition) is 1. The fourth-order valence-electron chi connectivity index (χ4n) is 2.45. The Hall–Kier alpha value is -0.810. The minimum absolute atomic E-state index is 0.0856. The van der Waals surface area contributed by atoms with Gasteiger partial charge in [0.05, 0.1) is 5.60 Å². The van der Waals surface area contributed by atoms with E-state index in [1.54, 1.807) is 7.11 Å². The molecule has 1 saturated heterocycles. The van der Waals surface area contributed by atoms with Gasteiger partial charge in [0.1, 0.15) is 5.60 Å². The molecule has 1 aliphatic heterocycles. The molecule has 0 aromatic carbocycles. The van der Waals surface area contributed by atoms with E-state index in [0.29, 0.717) is 0 Å². The van der Waals surface area contributed by atoms with E-state index < -0.39 is 5.60 Å². The first-order chi connectivity index (χ1) is 9.96. The molecule has 0 saturated carbocycles. The average molecular weight is 314 g/mol. The maximum Gasteiger partial charge on any atom is 0.410 e. The number of carbonyl (C=O) groups is 1. The third-order valence-electron chi connectivity index (χ3n) is 4.35. The van der Waals surface area contributed by atoms with Crippen molar-refractivity contribution >= 4 is 6.09 Å². The van der Waals surface area contributed by atoms with Gasteiger partial charge in [0.15, 0.2) is 0 Å². The Balaban J connectivity index is 2.38. The largest absolute Gasteiger partial charge is 0.444 e. The quantitative estimate of drug-likeness (QED) is 0.847. The van der Waals surface area contributed by atoms with Crippen LogP contribution in [0.2, 0.25) is 0 Å². The fraction of sp³-hybridized carbons (Fsp3) is 0.941. The molecule has 0 aromatic rings. The molecule has 1 aliphatic rings. The lowest BCUT2D eigenvalue weighted by atomic mass is 9.89. The molecule has 0 radical (unpaired) electrons. The van der Waals surface area contributed by atoms with Gasteiger partial charge in [-0.1, -0.05) is 0 Å². The molecule has 0 aliphatic carbocycles. The SMILES string of the molecule is COC(C)(C)CCNC1(C)CCN(C(=O)OC(C)(C)C)CC1. The molecule has 130 valence electrons. The van der Waals surface area contributed by atoms with Crippen LogP contribution in [0.3, 0.4) is 0 Å². The summed E-state index contributed by atoms with van der Waals surface area (Å²) in [7, 11) is 1.75. The first-order valence-electron chi connectivity index (χ1n) is 8.25. The second-order valence-corrected chi connectivity index (χ2v) is 8.17. The second kappa shape index (κ2) is 7.18. The molecule has 1 heterocycles. The van der Waals surface area contributed by atoms with Crippen LogP contribution in [0.1, 0.15) is 60.8 Å². The summed E-state index contributed by atoms with van der Waals surface area (Å²) in [5.41, 5.74) is -0.440. The predicted octanol–water partition coefficient (Wildman–Crippen LogP) is 3.18. The van der Waals surface area contributed by atoms with Crippen LogP contribution < -0.4 is 5.32 Å². The molecule has 5 heteroatoms. The van der Waals surface area contributed by atoms with Crippen LogP contribution in [0.4, 0.5) is 4.79 Å². The summed E-state index contributed by atoms with van der Waals surface area (Å²) in [6.07, 6.45) is 2.66. The zero-order chi connectivity index (χ0) is 17.0. The number of ether oxygens (including phenoxy) is 2. The minimum Gasteiger partial charge on any atom is -0.444 e. The Kier molecular flexibility index (Phi) is 6.27. The van der Waals surface area contributed by atoms with E-state index in [-0.39, 0.29) is 17.2 Å². The van der Waals surface area contributed by atoms with E-state index in [0.717, 1.165) is 38.9 Å². The average Bonchev–Trinajstić information content (AvgIpc) is 2.37. The lowest BCUT2D eigenvalue weighted by Crippen LogP contribution is -2.53. The number of nitrogens with zero attached hydrogens (tertiary/aromatic N) is 1. The lowest BCUT2D eigenvalue weighted by molar-refractivity contribution is 0.00925. The summed E-state index contributed by atoms with van der Waals surface area (Å²) in [5, 5.41) is 3.64. The zero-order valence-electron chi connectivity index (χ0n) is 15.4. The van der Waals surface area contributed by atoms with Crippen LogP contribution >= 0.6 is 0 Å².